The molecule has 1 amide bonds. The summed E-state index contributed by atoms with van der Waals surface area (Å²) in [5.41, 5.74) is 1.59. The summed E-state index contributed by atoms with van der Waals surface area (Å²) < 4.78 is 13.0. The number of hydrogen-bond acceptors (Lipinski definition) is 2. The Morgan fingerprint density at radius 1 is 1.35 bits per heavy atom. The van der Waals surface area contributed by atoms with Gasteiger partial charge in [-0.15, -0.1) is 0 Å². The van der Waals surface area contributed by atoms with Gasteiger partial charge < -0.3 is 15.0 Å². The van der Waals surface area contributed by atoms with Gasteiger partial charge in [0.15, 0.2) is 0 Å². The van der Waals surface area contributed by atoms with Crippen molar-refractivity contribution in [3.05, 3.63) is 59.7 Å². The van der Waals surface area contributed by atoms with Crippen LogP contribution in [0.5, 0.6) is 0 Å². The zero-order valence-electron chi connectivity index (χ0n) is 12.9. The van der Waals surface area contributed by atoms with Gasteiger partial charge in [-0.05, 0) is 49.1 Å². The van der Waals surface area contributed by atoms with Gasteiger partial charge in [-0.2, -0.15) is 0 Å². The number of nitrogens with one attached hydrogen (secondary N) is 1. The number of rotatable bonds is 5. The molecule has 2 heterocycles. The Kier molecular flexibility index (Phi) is 4.76. The maximum absolute atomic E-state index is 13.0. The van der Waals surface area contributed by atoms with Crippen molar-refractivity contribution in [2.24, 2.45) is 0 Å². The van der Waals surface area contributed by atoms with Gasteiger partial charge in [-0.3, -0.25) is 4.79 Å². The molecule has 2 aromatic rings. The first kappa shape index (κ1) is 15.7. The number of amides is 1. The fourth-order valence-corrected chi connectivity index (χ4v) is 3.23. The average Bonchev–Trinajstić information content (AvgIpc) is 3.19. The third-order valence-electron chi connectivity index (χ3n) is 4.45. The van der Waals surface area contributed by atoms with Crippen LogP contribution in [0, 0.1) is 5.82 Å². The van der Waals surface area contributed by atoms with E-state index < -0.39 is 6.10 Å². The fourth-order valence-electron chi connectivity index (χ4n) is 3.23. The van der Waals surface area contributed by atoms with Crippen LogP contribution in [0.2, 0.25) is 0 Å². The highest BCUT2D eigenvalue weighted by molar-refractivity contribution is 5.79. The lowest BCUT2D eigenvalue weighted by Crippen LogP contribution is -2.37. The summed E-state index contributed by atoms with van der Waals surface area (Å²) in [5.74, 6) is -0.231. The van der Waals surface area contributed by atoms with Crippen LogP contribution >= 0.6 is 0 Å². The first-order valence-corrected chi connectivity index (χ1v) is 7.99. The molecule has 3 rings (SSSR count). The van der Waals surface area contributed by atoms with E-state index in [9.17, 15) is 14.3 Å². The summed E-state index contributed by atoms with van der Waals surface area (Å²) >= 11 is 0. The normalized spacial score (nSPS) is 19.0. The molecule has 1 aliphatic heterocycles. The molecule has 1 aromatic carbocycles. The molecule has 2 unspecified atom stereocenters. The van der Waals surface area contributed by atoms with E-state index in [1.54, 1.807) is 12.1 Å². The number of carbonyl (C=O) groups excluding carboxylic acids is 1. The van der Waals surface area contributed by atoms with Crippen LogP contribution in [0.4, 0.5) is 4.39 Å². The number of H-pyrrole nitrogens is 1. The molecule has 4 nitrogen and oxygen atoms in total. The molecular weight excluding hydrogens is 295 g/mol. The molecule has 1 saturated heterocycles. The molecule has 0 bridgehead atoms. The van der Waals surface area contributed by atoms with Crippen molar-refractivity contribution in [1.29, 1.82) is 0 Å². The van der Waals surface area contributed by atoms with Crippen molar-refractivity contribution in [2.45, 2.75) is 37.8 Å². The smallest absolute Gasteiger partial charge is 0.228 e. The Morgan fingerprint density at radius 2 is 2.13 bits per heavy atom. The molecule has 0 saturated carbocycles. The van der Waals surface area contributed by atoms with Crippen molar-refractivity contribution in [3.63, 3.8) is 0 Å². The molecule has 0 aliphatic carbocycles. The van der Waals surface area contributed by atoms with Crippen molar-refractivity contribution < 1.29 is 14.3 Å². The number of aromatic nitrogens is 1. The number of hydrogen-bond donors (Lipinski definition) is 2. The van der Waals surface area contributed by atoms with E-state index in [-0.39, 0.29) is 17.8 Å². The molecular formula is C18H21FN2O2. The molecule has 122 valence electrons. The number of aromatic amines is 1. The summed E-state index contributed by atoms with van der Waals surface area (Å²) in [6, 6.07) is 9.71. The number of aliphatic hydroxyl groups excluding tert-OH is 1. The molecule has 2 N–H and O–H groups in total. The third-order valence-corrected chi connectivity index (χ3v) is 4.45. The van der Waals surface area contributed by atoms with E-state index in [2.05, 4.69) is 4.98 Å². The fraction of sp³-hybridized carbons (Fsp3) is 0.389. The van der Waals surface area contributed by atoms with Gasteiger partial charge in [0, 0.05) is 24.5 Å². The second kappa shape index (κ2) is 6.96. The highest BCUT2D eigenvalue weighted by Crippen LogP contribution is 2.28. The van der Waals surface area contributed by atoms with Crippen molar-refractivity contribution in [2.75, 3.05) is 6.54 Å². The van der Waals surface area contributed by atoms with Crippen molar-refractivity contribution >= 4 is 5.91 Å². The van der Waals surface area contributed by atoms with Crippen LogP contribution in [0.15, 0.2) is 42.6 Å². The summed E-state index contributed by atoms with van der Waals surface area (Å²) in [4.78, 5) is 17.4. The summed E-state index contributed by atoms with van der Waals surface area (Å²) in [5, 5.41) is 10.4. The largest absolute Gasteiger partial charge is 0.388 e. The molecule has 0 radical (unpaired) electrons. The van der Waals surface area contributed by atoms with Crippen LogP contribution in [-0.2, 0) is 11.2 Å². The van der Waals surface area contributed by atoms with Crippen LogP contribution < -0.4 is 0 Å². The molecule has 23 heavy (non-hydrogen) atoms. The SMILES string of the molecule is O=C(Cc1ccc[nH]1)N1CCCC1CC(O)c1ccc(F)cc1. The standard InChI is InChI=1S/C18H21FN2O2/c19-14-7-5-13(6-8-14)17(22)12-16-4-2-10-21(16)18(23)11-15-3-1-9-20-15/h1,3,5-9,16-17,20,22H,2,4,10-12H2. The van der Waals surface area contributed by atoms with Gasteiger partial charge in [0.25, 0.3) is 0 Å². The lowest BCUT2D eigenvalue weighted by Gasteiger charge is -2.26. The average molecular weight is 316 g/mol. The number of nitrogens with zero attached hydrogens (tertiary/aromatic N) is 1. The second-order valence-corrected chi connectivity index (χ2v) is 6.06. The molecule has 0 spiro atoms. The van der Waals surface area contributed by atoms with E-state index in [0.717, 1.165) is 25.1 Å². The van der Waals surface area contributed by atoms with Gasteiger partial charge in [0.05, 0.1) is 12.5 Å². The van der Waals surface area contributed by atoms with Crippen LogP contribution in [0.3, 0.4) is 0 Å². The first-order valence-electron chi connectivity index (χ1n) is 7.99. The van der Waals surface area contributed by atoms with Gasteiger partial charge in [-0.1, -0.05) is 12.1 Å². The monoisotopic (exact) mass is 316 g/mol. The number of carbonyl (C=O) groups is 1. The van der Waals surface area contributed by atoms with Crippen molar-refractivity contribution in [3.8, 4) is 0 Å². The molecule has 1 aromatic heterocycles. The van der Waals surface area contributed by atoms with E-state index in [4.69, 9.17) is 0 Å². The number of benzene rings is 1. The Labute approximate surface area is 134 Å². The van der Waals surface area contributed by atoms with Crippen LogP contribution in [-0.4, -0.2) is 33.5 Å². The zero-order chi connectivity index (χ0) is 16.2. The van der Waals surface area contributed by atoms with E-state index >= 15 is 0 Å². The minimum absolute atomic E-state index is 0.0394. The maximum Gasteiger partial charge on any atom is 0.228 e. The molecule has 5 heteroatoms. The molecule has 2 atom stereocenters. The minimum Gasteiger partial charge on any atom is -0.388 e. The summed E-state index contributed by atoms with van der Waals surface area (Å²) in [6.45, 7) is 0.736. The Morgan fingerprint density at radius 3 is 2.83 bits per heavy atom. The third kappa shape index (κ3) is 3.79. The van der Waals surface area contributed by atoms with Gasteiger partial charge in [0.1, 0.15) is 5.82 Å². The van der Waals surface area contributed by atoms with Crippen LogP contribution in [0.1, 0.15) is 36.6 Å². The Hall–Kier alpha value is -2.14. The predicted molar refractivity (Wildman–Crippen MR) is 85.2 cm³/mol. The quantitative estimate of drug-likeness (QED) is 0.891. The number of aliphatic hydroxyl groups is 1. The summed E-state index contributed by atoms with van der Waals surface area (Å²) in [6.07, 6.45) is 3.83. The minimum atomic E-state index is -0.681. The topological polar surface area (TPSA) is 56.3 Å². The Bertz CT molecular complexity index is 640. The highest BCUT2D eigenvalue weighted by Gasteiger charge is 2.30. The Balaban J connectivity index is 1.62. The summed E-state index contributed by atoms with van der Waals surface area (Å²) in [7, 11) is 0. The van der Waals surface area contributed by atoms with E-state index in [0.29, 0.717) is 18.4 Å². The second-order valence-electron chi connectivity index (χ2n) is 6.06. The van der Waals surface area contributed by atoms with E-state index in [1.165, 1.54) is 12.1 Å². The van der Waals surface area contributed by atoms with Crippen LogP contribution in [0.25, 0.3) is 0 Å². The number of likely N-dealkylation sites (tertiary alicyclic amines) is 1. The van der Waals surface area contributed by atoms with Gasteiger partial charge in [0.2, 0.25) is 5.91 Å². The molecule has 1 aliphatic rings. The molecule has 1 fully saturated rings. The lowest BCUT2D eigenvalue weighted by atomic mass is 10.0. The first-order chi connectivity index (χ1) is 11.1. The van der Waals surface area contributed by atoms with Crippen molar-refractivity contribution in [1.82, 2.24) is 9.88 Å². The zero-order valence-corrected chi connectivity index (χ0v) is 12.9. The predicted octanol–water partition coefficient (Wildman–Crippen LogP) is 2.81. The number of halogens is 1. The van der Waals surface area contributed by atoms with E-state index in [1.807, 2.05) is 23.2 Å². The van der Waals surface area contributed by atoms with Gasteiger partial charge in [-0.25, -0.2) is 4.39 Å². The lowest BCUT2D eigenvalue weighted by molar-refractivity contribution is -0.131. The maximum atomic E-state index is 13.0. The highest BCUT2D eigenvalue weighted by atomic mass is 19.1. The van der Waals surface area contributed by atoms with Gasteiger partial charge >= 0.3 is 0 Å².